The van der Waals surface area contributed by atoms with Gasteiger partial charge in [-0.3, -0.25) is 0 Å². The van der Waals surface area contributed by atoms with Gasteiger partial charge in [-0.1, -0.05) is 6.42 Å². The van der Waals surface area contributed by atoms with Gasteiger partial charge in [0, 0.05) is 6.54 Å². The monoisotopic (exact) mass is 128 g/mol. The molecular weight excluding hydrogens is 112 g/mol. The Bertz CT molecular complexity index is 81.4. The number of nitrogens with two attached hydrogens (primary N) is 1. The Kier molecular flexibility index (Phi) is 2.09. The smallest absolute Gasteiger partial charge is 0.00169 e. The van der Waals surface area contributed by atoms with Crippen molar-refractivity contribution in [2.75, 3.05) is 20.1 Å². The Morgan fingerprint density at radius 1 is 1.56 bits per heavy atom. The fraction of sp³-hybridized carbons (Fsp3) is 1.00. The molecule has 0 saturated heterocycles. The zero-order valence-electron chi connectivity index (χ0n) is 6.11. The zero-order chi connectivity index (χ0) is 6.74. The number of hydrogen-bond donors (Lipinski definition) is 2. The minimum atomic E-state index is 0.481. The third-order valence-electron chi connectivity index (χ3n) is 2.40. The van der Waals surface area contributed by atoms with E-state index in [0.29, 0.717) is 5.41 Å². The third-order valence-corrected chi connectivity index (χ3v) is 2.40. The average molecular weight is 128 g/mol. The van der Waals surface area contributed by atoms with Crippen LogP contribution in [0.2, 0.25) is 0 Å². The molecule has 0 aromatic rings. The molecule has 1 fully saturated rings. The molecule has 0 unspecified atom stereocenters. The predicted molar refractivity (Wildman–Crippen MR) is 39.3 cm³/mol. The summed E-state index contributed by atoms with van der Waals surface area (Å²) in [6.07, 6.45) is 4.02. The van der Waals surface area contributed by atoms with E-state index >= 15 is 0 Å². The van der Waals surface area contributed by atoms with E-state index in [-0.39, 0.29) is 0 Å². The quantitative estimate of drug-likeness (QED) is 0.575. The molecule has 0 heterocycles. The molecule has 0 amide bonds. The van der Waals surface area contributed by atoms with Crippen LogP contribution in [0.5, 0.6) is 0 Å². The van der Waals surface area contributed by atoms with Crippen LogP contribution in [0.3, 0.4) is 0 Å². The maximum Gasteiger partial charge on any atom is 0.00169 e. The van der Waals surface area contributed by atoms with Crippen LogP contribution >= 0.6 is 0 Å². The molecule has 0 aromatic carbocycles. The van der Waals surface area contributed by atoms with Crippen molar-refractivity contribution in [1.82, 2.24) is 5.32 Å². The number of nitrogens with one attached hydrogen (secondary N) is 1. The van der Waals surface area contributed by atoms with E-state index in [2.05, 4.69) is 5.32 Å². The molecule has 1 aliphatic rings. The molecule has 9 heavy (non-hydrogen) atoms. The first-order chi connectivity index (χ1) is 4.33. The summed E-state index contributed by atoms with van der Waals surface area (Å²) >= 11 is 0. The first-order valence-corrected chi connectivity index (χ1v) is 3.68. The second-order valence-electron chi connectivity index (χ2n) is 3.09. The second-order valence-corrected chi connectivity index (χ2v) is 3.09. The van der Waals surface area contributed by atoms with Crippen LogP contribution in [-0.2, 0) is 0 Å². The molecule has 54 valence electrons. The molecule has 3 N–H and O–H groups in total. The van der Waals surface area contributed by atoms with Gasteiger partial charge in [-0.2, -0.15) is 0 Å². The molecule has 0 spiro atoms. The molecule has 1 saturated carbocycles. The van der Waals surface area contributed by atoms with Crippen LogP contribution in [0, 0.1) is 5.41 Å². The highest BCUT2D eigenvalue weighted by Gasteiger charge is 2.34. The Morgan fingerprint density at radius 2 is 2.22 bits per heavy atom. The molecule has 0 aliphatic heterocycles. The molecule has 2 nitrogen and oxygen atoms in total. The molecule has 1 aliphatic carbocycles. The van der Waals surface area contributed by atoms with Crippen LogP contribution in [0.4, 0.5) is 0 Å². The SMILES string of the molecule is CNCC1(CN)CCC1. The third kappa shape index (κ3) is 1.25. The lowest BCUT2D eigenvalue weighted by atomic mass is 9.69. The van der Waals surface area contributed by atoms with E-state index in [1.165, 1.54) is 19.3 Å². The van der Waals surface area contributed by atoms with E-state index in [0.717, 1.165) is 13.1 Å². The Labute approximate surface area is 56.8 Å². The molecule has 1 rings (SSSR count). The first-order valence-electron chi connectivity index (χ1n) is 3.68. The molecule has 0 aromatic heterocycles. The zero-order valence-corrected chi connectivity index (χ0v) is 6.11. The van der Waals surface area contributed by atoms with Crippen molar-refractivity contribution in [3.63, 3.8) is 0 Å². The van der Waals surface area contributed by atoms with Crippen LogP contribution in [0.25, 0.3) is 0 Å². The lowest BCUT2D eigenvalue weighted by molar-refractivity contribution is 0.145. The van der Waals surface area contributed by atoms with Gasteiger partial charge in [0.15, 0.2) is 0 Å². The van der Waals surface area contributed by atoms with Gasteiger partial charge >= 0.3 is 0 Å². The van der Waals surface area contributed by atoms with Crippen LogP contribution in [0.15, 0.2) is 0 Å². The van der Waals surface area contributed by atoms with Crippen molar-refractivity contribution in [3.8, 4) is 0 Å². The van der Waals surface area contributed by atoms with Crippen LogP contribution in [0.1, 0.15) is 19.3 Å². The Balaban J connectivity index is 2.28. The summed E-state index contributed by atoms with van der Waals surface area (Å²) in [5.74, 6) is 0. The standard InChI is InChI=1S/C7H16N2/c1-9-6-7(5-8)3-2-4-7/h9H,2-6,8H2,1H3. The van der Waals surface area contributed by atoms with Crippen molar-refractivity contribution in [3.05, 3.63) is 0 Å². The Morgan fingerprint density at radius 3 is 2.33 bits per heavy atom. The van der Waals surface area contributed by atoms with Gasteiger partial charge in [-0.05, 0) is 31.8 Å². The highest BCUT2D eigenvalue weighted by molar-refractivity contribution is 4.89. The van der Waals surface area contributed by atoms with Crippen molar-refractivity contribution in [2.45, 2.75) is 19.3 Å². The highest BCUT2D eigenvalue weighted by Crippen LogP contribution is 2.38. The second kappa shape index (κ2) is 2.67. The van der Waals surface area contributed by atoms with E-state index in [1.54, 1.807) is 0 Å². The van der Waals surface area contributed by atoms with Crippen molar-refractivity contribution >= 4 is 0 Å². The maximum atomic E-state index is 5.61. The van der Waals surface area contributed by atoms with E-state index < -0.39 is 0 Å². The summed E-state index contributed by atoms with van der Waals surface area (Å²) in [5.41, 5.74) is 6.10. The summed E-state index contributed by atoms with van der Waals surface area (Å²) in [7, 11) is 2.00. The molecule has 0 atom stereocenters. The van der Waals surface area contributed by atoms with E-state index in [9.17, 15) is 0 Å². The minimum Gasteiger partial charge on any atom is -0.330 e. The van der Waals surface area contributed by atoms with Gasteiger partial charge in [0.2, 0.25) is 0 Å². The van der Waals surface area contributed by atoms with Gasteiger partial charge < -0.3 is 11.1 Å². The lowest BCUT2D eigenvalue weighted by Crippen LogP contribution is -2.44. The molecule has 2 heteroatoms. The van der Waals surface area contributed by atoms with Crippen LogP contribution in [-0.4, -0.2) is 20.1 Å². The molecule has 0 bridgehead atoms. The maximum absolute atomic E-state index is 5.61. The Hall–Kier alpha value is -0.0800. The van der Waals surface area contributed by atoms with Gasteiger partial charge in [0.25, 0.3) is 0 Å². The van der Waals surface area contributed by atoms with Gasteiger partial charge in [-0.15, -0.1) is 0 Å². The number of hydrogen-bond acceptors (Lipinski definition) is 2. The largest absolute Gasteiger partial charge is 0.330 e. The summed E-state index contributed by atoms with van der Waals surface area (Å²) in [6.45, 7) is 1.96. The van der Waals surface area contributed by atoms with Gasteiger partial charge in [-0.25, -0.2) is 0 Å². The predicted octanol–water partition coefficient (Wildman–Crippen LogP) is 0.335. The van der Waals surface area contributed by atoms with Crippen molar-refractivity contribution in [1.29, 1.82) is 0 Å². The van der Waals surface area contributed by atoms with E-state index in [4.69, 9.17) is 5.73 Å². The van der Waals surface area contributed by atoms with Crippen LogP contribution < -0.4 is 11.1 Å². The van der Waals surface area contributed by atoms with Gasteiger partial charge in [0.1, 0.15) is 0 Å². The topological polar surface area (TPSA) is 38.0 Å². The summed E-state index contributed by atoms with van der Waals surface area (Å²) < 4.78 is 0. The van der Waals surface area contributed by atoms with Gasteiger partial charge in [0.05, 0.1) is 0 Å². The van der Waals surface area contributed by atoms with Crippen molar-refractivity contribution in [2.24, 2.45) is 11.1 Å². The first kappa shape index (κ1) is 7.03. The summed E-state index contributed by atoms with van der Waals surface area (Å²) in [6, 6.07) is 0. The van der Waals surface area contributed by atoms with Crippen molar-refractivity contribution < 1.29 is 0 Å². The summed E-state index contributed by atoms with van der Waals surface area (Å²) in [4.78, 5) is 0. The fourth-order valence-electron chi connectivity index (χ4n) is 1.50. The normalized spacial score (nSPS) is 23.3. The van der Waals surface area contributed by atoms with E-state index in [1.807, 2.05) is 7.05 Å². The summed E-state index contributed by atoms with van der Waals surface area (Å²) in [5, 5.41) is 3.18. The highest BCUT2D eigenvalue weighted by atomic mass is 14.8. The minimum absolute atomic E-state index is 0.481. The average Bonchev–Trinajstić information content (AvgIpc) is 1.79. The molecular formula is C7H16N2. The molecule has 0 radical (unpaired) electrons. The fourth-order valence-corrected chi connectivity index (χ4v) is 1.50. The lowest BCUT2D eigenvalue weighted by Gasteiger charge is -2.40. The number of rotatable bonds is 3.